The maximum absolute atomic E-state index is 13.0. The topological polar surface area (TPSA) is 55.8 Å². The molecule has 2 aromatic rings. The van der Waals surface area contributed by atoms with Gasteiger partial charge in [0.1, 0.15) is 5.75 Å². The number of hydrogen-bond donors (Lipinski definition) is 0. The zero-order chi connectivity index (χ0) is 21.0. The molecule has 1 amide bonds. The van der Waals surface area contributed by atoms with Crippen molar-refractivity contribution in [2.45, 2.75) is 20.8 Å². The van der Waals surface area contributed by atoms with Gasteiger partial charge in [0.05, 0.1) is 17.3 Å². The minimum Gasteiger partial charge on any atom is -0.480 e. The van der Waals surface area contributed by atoms with E-state index in [1.807, 2.05) is 35.2 Å². The van der Waals surface area contributed by atoms with Crippen molar-refractivity contribution in [1.29, 1.82) is 0 Å². The van der Waals surface area contributed by atoms with E-state index in [1.54, 1.807) is 25.1 Å². The predicted molar refractivity (Wildman–Crippen MR) is 115 cm³/mol. The highest BCUT2D eigenvalue weighted by atomic mass is 35.5. The molecular formula is C23H24ClNO4. The van der Waals surface area contributed by atoms with Crippen LogP contribution in [0.25, 0.3) is 11.6 Å². The van der Waals surface area contributed by atoms with Gasteiger partial charge in [-0.25, -0.2) is 4.79 Å². The van der Waals surface area contributed by atoms with E-state index in [9.17, 15) is 9.59 Å². The molecule has 1 aliphatic heterocycles. The highest BCUT2D eigenvalue weighted by molar-refractivity contribution is 6.36. The second-order valence-electron chi connectivity index (χ2n) is 7.17. The number of ether oxygens (including phenoxy) is 2. The second kappa shape index (κ2) is 9.14. The van der Waals surface area contributed by atoms with Crippen LogP contribution in [0.4, 0.5) is 5.69 Å². The summed E-state index contributed by atoms with van der Waals surface area (Å²) >= 11 is 6.31. The molecule has 152 valence electrons. The number of benzene rings is 2. The normalized spacial score (nSPS) is 14.4. The SMILES string of the molecule is CCOC(=O)COc1ccc(/C=C2\C(=O)N(CC(C)C)c3ccccc32)cc1Cl. The first-order valence-electron chi connectivity index (χ1n) is 9.61. The Hall–Kier alpha value is -2.79. The minimum absolute atomic E-state index is 0.0151. The van der Waals surface area contributed by atoms with Crippen LogP contribution < -0.4 is 9.64 Å². The summed E-state index contributed by atoms with van der Waals surface area (Å²) in [6, 6.07) is 13.0. The first-order valence-corrected chi connectivity index (χ1v) is 9.99. The van der Waals surface area contributed by atoms with Gasteiger partial charge in [0.2, 0.25) is 0 Å². The third-order valence-corrected chi connectivity index (χ3v) is 4.72. The number of carbonyl (C=O) groups excluding carboxylic acids is 2. The summed E-state index contributed by atoms with van der Waals surface area (Å²) < 4.78 is 10.3. The lowest BCUT2D eigenvalue weighted by Gasteiger charge is -2.19. The van der Waals surface area contributed by atoms with E-state index in [-0.39, 0.29) is 12.5 Å². The van der Waals surface area contributed by atoms with Gasteiger partial charge in [0, 0.05) is 17.7 Å². The van der Waals surface area contributed by atoms with Gasteiger partial charge in [0.15, 0.2) is 6.61 Å². The van der Waals surface area contributed by atoms with E-state index in [4.69, 9.17) is 21.1 Å². The Morgan fingerprint density at radius 1 is 1.21 bits per heavy atom. The molecule has 0 spiro atoms. The number of fused-ring (bicyclic) bond motifs is 1. The molecule has 6 heteroatoms. The molecule has 0 aliphatic carbocycles. The molecule has 3 rings (SSSR count). The van der Waals surface area contributed by atoms with Crippen LogP contribution in [0.5, 0.6) is 5.75 Å². The fourth-order valence-electron chi connectivity index (χ4n) is 3.22. The summed E-state index contributed by atoms with van der Waals surface area (Å²) in [5, 5.41) is 0.362. The standard InChI is InChI=1S/C23H24ClNO4/c1-4-28-22(26)14-29-21-10-9-16(12-19(21)24)11-18-17-7-5-6-8-20(17)25(23(18)27)13-15(2)3/h5-12,15H,4,13-14H2,1-3H3/b18-11-. The van der Waals surface area contributed by atoms with E-state index in [2.05, 4.69) is 13.8 Å². The maximum Gasteiger partial charge on any atom is 0.344 e. The average Bonchev–Trinajstić information content (AvgIpc) is 2.93. The van der Waals surface area contributed by atoms with Crippen LogP contribution in [0.1, 0.15) is 31.9 Å². The molecule has 0 fully saturated rings. The Labute approximate surface area is 175 Å². The van der Waals surface area contributed by atoms with E-state index in [0.29, 0.717) is 35.4 Å². The fraction of sp³-hybridized carbons (Fsp3) is 0.304. The summed E-state index contributed by atoms with van der Waals surface area (Å²) in [7, 11) is 0. The monoisotopic (exact) mass is 413 g/mol. The van der Waals surface area contributed by atoms with Crippen LogP contribution in [0.3, 0.4) is 0 Å². The lowest BCUT2D eigenvalue weighted by atomic mass is 10.0. The van der Waals surface area contributed by atoms with E-state index in [1.165, 1.54) is 0 Å². The highest BCUT2D eigenvalue weighted by Crippen LogP contribution is 2.38. The molecule has 0 saturated heterocycles. The zero-order valence-corrected chi connectivity index (χ0v) is 17.5. The van der Waals surface area contributed by atoms with Crippen LogP contribution in [-0.4, -0.2) is 31.6 Å². The third-order valence-electron chi connectivity index (χ3n) is 4.43. The Kier molecular flexibility index (Phi) is 6.60. The maximum atomic E-state index is 13.0. The van der Waals surface area contributed by atoms with Gasteiger partial charge in [0.25, 0.3) is 5.91 Å². The molecule has 1 heterocycles. The van der Waals surface area contributed by atoms with Gasteiger partial charge in [-0.3, -0.25) is 4.79 Å². The van der Waals surface area contributed by atoms with Gasteiger partial charge in [-0.05, 0) is 42.7 Å². The van der Waals surface area contributed by atoms with Crippen molar-refractivity contribution in [3.63, 3.8) is 0 Å². The molecule has 0 N–H and O–H groups in total. The van der Waals surface area contributed by atoms with Crippen molar-refractivity contribution in [2.75, 3.05) is 24.7 Å². The van der Waals surface area contributed by atoms with E-state index < -0.39 is 5.97 Å². The first-order chi connectivity index (χ1) is 13.9. The van der Waals surface area contributed by atoms with Crippen molar-refractivity contribution in [1.82, 2.24) is 0 Å². The minimum atomic E-state index is -0.451. The molecule has 0 bridgehead atoms. The summed E-state index contributed by atoms with van der Waals surface area (Å²) in [5.41, 5.74) is 3.26. The number of halogens is 1. The van der Waals surface area contributed by atoms with Crippen molar-refractivity contribution >= 4 is 40.8 Å². The average molecular weight is 414 g/mol. The van der Waals surface area contributed by atoms with Gasteiger partial charge in [-0.2, -0.15) is 0 Å². The summed E-state index contributed by atoms with van der Waals surface area (Å²) in [4.78, 5) is 26.3. The molecule has 29 heavy (non-hydrogen) atoms. The van der Waals surface area contributed by atoms with E-state index in [0.717, 1.165) is 16.8 Å². The van der Waals surface area contributed by atoms with Gasteiger partial charge >= 0.3 is 5.97 Å². The summed E-state index contributed by atoms with van der Waals surface area (Å²) in [6.45, 7) is 6.67. The molecule has 0 saturated carbocycles. The fourth-order valence-corrected chi connectivity index (χ4v) is 3.47. The smallest absolute Gasteiger partial charge is 0.344 e. The predicted octanol–water partition coefficient (Wildman–Crippen LogP) is 4.83. The summed E-state index contributed by atoms with van der Waals surface area (Å²) in [6.07, 6.45) is 1.84. The lowest BCUT2D eigenvalue weighted by molar-refractivity contribution is -0.145. The number of hydrogen-bond acceptors (Lipinski definition) is 4. The van der Waals surface area contributed by atoms with Gasteiger partial charge < -0.3 is 14.4 Å². The number of rotatable bonds is 7. The molecule has 2 aromatic carbocycles. The number of carbonyl (C=O) groups is 2. The van der Waals surface area contributed by atoms with Crippen LogP contribution in [-0.2, 0) is 14.3 Å². The molecule has 5 nitrogen and oxygen atoms in total. The van der Waals surface area contributed by atoms with Crippen LogP contribution in [0.15, 0.2) is 42.5 Å². The van der Waals surface area contributed by atoms with E-state index >= 15 is 0 Å². The van der Waals surface area contributed by atoms with Gasteiger partial charge in [-0.1, -0.05) is 49.7 Å². The van der Waals surface area contributed by atoms with Crippen LogP contribution in [0, 0.1) is 5.92 Å². The lowest BCUT2D eigenvalue weighted by Crippen LogP contribution is -2.30. The molecule has 0 atom stereocenters. The first kappa shape index (κ1) is 20.9. The molecule has 0 unspecified atom stereocenters. The second-order valence-corrected chi connectivity index (χ2v) is 7.58. The highest BCUT2D eigenvalue weighted by Gasteiger charge is 2.32. The number of esters is 1. The molecular weight excluding hydrogens is 390 g/mol. The van der Waals surface area contributed by atoms with Crippen molar-refractivity contribution in [2.24, 2.45) is 5.92 Å². The number of anilines is 1. The van der Waals surface area contributed by atoms with Crippen molar-refractivity contribution in [3.05, 3.63) is 58.6 Å². The van der Waals surface area contributed by atoms with Gasteiger partial charge in [-0.15, -0.1) is 0 Å². The molecule has 0 radical (unpaired) electrons. The van der Waals surface area contributed by atoms with Crippen molar-refractivity contribution < 1.29 is 19.1 Å². The summed E-state index contributed by atoms with van der Waals surface area (Å²) in [5.74, 6) is 0.282. The molecule has 0 aromatic heterocycles. The van der Waals surface area contributed by atoms with Crippen molar-refractivity contribution in [3.8, 4) is 5.75 Å². The Morgan fingerprint density at radius 2 is 1.97 bits per heavy atom. The third kappa shape index (κ3) is 4.80. The number of amides is 1. The largest absolute Gasteiger partial charge is 0.480 e. The Balaban J connectivity index is 1.85. The Bertz CT molecular complexity index is 952. The quantitative estimate of drug-likeness (QED) is 0.482. The van der Waals surface area contributed by atoms with Crippen LogP contribution >= 0.6 is 11.6 Å². The molecule has 1 aliphatic rings. The number of nitrogens with zero attached hydrogens (tertiary/aromatic N) is 1. The number of para-hydroxylation sites is 1. The van der Waals surface area contributed by atoms with Crippen LogP contribution in [0.2, 0.25) is 5.02 Å². The Morgan fingerprint density at radius 3 is 2.66 bits per heavy atom. The zero-order valence-electron chi connectivity index (χ0n) is 16.8.